The van der Waals surface area contributed by atoms with E-state index in [4.69, 9.17) is 5.73 Å². The molecule has 17 heavy (non-hydrogen) atoms. The van der Waals surface area contributed by atoms with Gasteiger partial charge in [-0.2, -0.15) is 0 Å². The maximum absolute atomic E-state index is 15.0. The zero-order valence-electron chi connectivity index (χ0n) is 9.23. The molecule has 1 heterocycles. The van der Waals surface area contributed by atoms with Crippen LogP contribution in [-0.4, -0.2) is 11.0 Å². The Labute approximate surface area is 98.6 Å². The molecule has 0 bridgehead atoms. The largest absolute Gasteiger partial charge is 0.361 e. The number of fused-ring (bicyclic) bond motifs is 1. The second-order valence-electron chi connectivity index (χ2n) is 4.28. The number of H-pyrrole nitrogens is 1. The van der Waals surface area contributed by atoms with Crippen LogP contribution in [-0.2, 0) is 5.67 Å². The summed E-state index contributed by atoms with van der Waals surface area (Å²) in [4.78, 5) is 3.08. The summed E-state index contributed by atoms with van der Waals surface area (Å²) in [6.45, 7) is 0. The van der Waals surface area contributed by atoms with Gasteiger partial charge in [-0.3, -0.25) is 0 Å². The number of aromatic amines is 1. The first-order chi connectivity index (χ1) is 8.22. The molecule has 2 nitrogen and oxygen atoms in total. The first-order valence-corrected chi connectivity index (χ1v) is 5.59. The van der Waals surface area contributed by atoms with Gasteiger partial charge in [0.25, 0.3) is 0 Å². The van der Waals surface area contributed by atoms with Crippen molar-refractivity contribution in [1.82, 2.24) is 4.98 Å². The Bertz CT molecular complexity index is 611. The van der Waals surface area contributed by atoms with Crippen LogP contribution < -0.4 is 5.73 Å². The lowest BCUT2D eigenvalue weighted by atomic mass is 9.84. The molecule has 1 aromatic heterocycles. The summed E-state index contributed by atoms with van der Waals surface area (Å²) in [5.41, 5.74) is 5.79. The summed E-state index contributed by atoms with van der Waals surface area (Å²) >= 11 is 0. The Morgan fingerprint density at radius 3 is 2.94 bits per heavy atom. The SMILES string of the molecule is NC1C=CC=CC1(F)c1cccc2[nH]ccc12. The Hall–Kier alpha value is -1.87. The summed E-state index contributed by atoms with van der Waals surface area (Å²) in [6.07, 6.45) is 8.50. The predicted molar refractivity (Wildman–Crippen MR) is 67.3 cm³/mol. The molecule has 2 unspecified atom stereocenters. The molecule has 3 N–H and O–H groups in total. The van der Waals surface area contributed by atoms with Crippen LogP contribution in [0.5, 0.6) is 0 Å². The molecule has 2 atom stereocenters. The van der Waals surface area contributed by atoms with E-state index in [9.17, 15) is 0 Å². The van der Waals surface area contributed by atoms with Crippen molar-refractivity contribution < 1.29 is 4.39 Å². The van der Waals surface area contributed by atoms with Crippen molar-refractivity contribution in [2.45, 2.75) is 11.7 Å². The monoisotopic (exact) mass is 228 g/mol. The van der Waals surface area contributed by atoms with Crippen LogP contribution in [0.25, 0.3) is 10.9 Å². The zero-order chi connectivity index (χ0) is 11.9. The van der Waals surface area contributed by atoms with Gasteiger partial charge < -0.3 is 10.7 Å². The molecule has 1 aliphatic rings. The van der Waals surface area contributed by atoms with Gasteiger partial charge in [0.15, 0.2) is 5.67 Å². The minimum Gasteiger partial charge on any atom is -0.361 e. The Balaban J connectivity index is 2.24. The zero-order valence-corrected chi connectivity index (χ0v) is 9.23. The highest BCUT2D eigenvalue weighted by molar-refractivity contribution is 5.84. The molecule has 0 spiro atoms. The highest BCUT2D eigenvalue weighted by atomic mass is 19.1. The van der Waals surface area contributed by atoms with Crippen LogP contribution in [0.1, 0.15) is 5.56 Å². The molecule has 1 aromatic carbocycles. The Kier molecular flexibility index (Phi) is 2.16. The minimum absolute atomic E-state index is 0.615. The summed E-state index contributed by atoms with van der Waals surface area (Å²) in [7, 11) is 0. The minimum atomic E-state index is -1.63. The van der Waals surface area contributed by atoms with E-state index >= 15 is 4.39 Å². The molecular weight excluding hydrogens is 215 g/mol. The van der Waals surface area contributed by atoms with Gasteiger partial charge >= 0.3 is 0 Å². The van der Waals surface area contributed by atoms with E-state index in [1.54, 1.807) is 24.3 Å². The van der Waals surface area contributed by atoms with Crippen molar-refractivity contribution in [2.24, 2.45) is 5.73 Å². The quantitative estimate of drug-likeness (QED) is 0.774. The van der Waals surface area contributed by atoms with Crippen LogP contribution in [0.4, 0.5) is 4.39 Å². The van der Waals surface area contributed by atoms with Crippen molar-refractivity contribution in [3.8, 4) is 0 Å². The lowest BCUT2D eigenvalue weighted by Gasteiger charge is -2.29. The number of hydrogen-bond donors (Lipinski definition) is 2. The number of nitrogens with one attached hydrogen (secondary N) is 1. The highest BCUT2D eigenvalue weighted by Crippen LogP contribution is 2.37. The molecular formula is C14H13FN2. The maximum atomic E-state index is 15.0. The normalized spacial score (nSPS) is 27.8. The third kappa shape index (κ3) is 1.43. The molecule has 0 fully saturated rings. The number of hydrogen-bond acceptors (Lipinski definition) is 1. The Morgan fingerprint density at radius 2 is 2.12 bits per heavy atom. The number of aromatic nitrogens is 1. The van der Waals surface area contributed by atoms with Crippen LogP contribution in [0.3, 0.4) is 0 Å². The third-order valence-electron chi connectivity index (χ3n) is 3.26. The van der Waals surface area contributed by atoms with Crippen molar-refractivity contribution in [2.75, 3.05) is 0 Å². The van der Waals surface area contributed by atoms with E-state index in [1.807, 2.05) is 24.4 Å². The van der Waals surface area contributed by atoms with Gasteiger partial charge in [-0.15, -0.1) is 0 Å². The molecule has 0 aliphatic heterocycles. The molecule has 1 aliphatic carbocycles. The lowest BCUT2D eigenvalue weighted by molar-refractivity contribution is 0.210. The van der Waals surface area contributed by atoms with Crippen LogP contribution in [0.2, 0.25) is 0 Å². The van der Waals surface area contributed by atoms with Crippen molar-refractivity contribution in [3.63, 3.8) is 0 Å². The molecule has 86 valence electrons. The van der Waals surface area contributed by atoms with Crippen molar-refractivity contribution in [1.29, 1.82) is 0 Å². The van der Waals surface area contributed by atoms with Gasteiger partial charge in [-0.05, 0) is 18.2 Å². The third-order valence-corrected chi connectivity index (χ3v) is 3.26. The summed E-state index contributed by atoms with van der Waals surface area (Å²) in [5.74, 6) is 0. The molecule has 0 saturated carbocycles. The van der Waals surface area contributed by atoms with Gasteiger partial charge in [0.2, 0.25) is 0 Å². The summed E-state index contributed by atoms with van der Waals surface area (Å²) < 4.78 is 15.0. The first kappa shape index (κ1) is 10.3. The standard InChI is InChI=1S/C14H13FN2/c15-14(8-2-1-6-13(14)16)11-4-3-5-12-10(11)7-9-17-12/h1-9,13,17H,16H2. The Morgan fingerprint density at radius 1 is 1.24 bits per heavy atom. The van der Waals surface area contributed by atoms with Gasteiger partial charge in [-0.25, -0.2) is 4.39 Å². The van der Waals surface area contributed by atoms with E-state index in [0.717, 1.165) is 10.9 Å². The van der Waals surface area contributed by atoms with Gasteiger partial charge in [0, 0.05) is 22.7 Å². The fourth-order valence-electron chi connectivity index (χ4n) is 2.32. The van der Waals surface area contributed by atoms with E-state index < -0.39 is 11.7 Å². The summed E-state index contributed by atoms with van der Waals surface area (Å²) in [6, 6.07) is 6.79. The van der Waals surface area contributed by atoms with Crippen LogP contribution in [0, 0.1) is 0 Å². The van der Waals surface area contributed by atoms with Gasteiger partial charge in [-0.1, -0.05) is 30.4 Å². The van der Waals surface area contributed by atoms with Crippen molar-refractivity contribution in [3.05, 3.63) is 60.3 Å². The topological polar surface area (TPSA) is 41.8 Å². The molecule has 3 heteroatoms. The molecule has 0 saturated heterocycles. The number of halogens is 1. The number of benzene rings is 1. The van der Waals surface area contributed by atoms with Crippen LogP contribution >= 0.6 is 0 Å². The van der Waals surface area contributed by atoms with E-state index in [1.165, 1.54) is 6.08 Å². The smallest absolute Gasteiger partial charge is 0.173 e. The molecule has 0 amide bonds. The number of alkyl halides is 1. The fraction of sp³-hybridized carbons (Fsp3) is 0.143. The van der Waals surface area contributed by atoms with Crippen LogP contribution in [0.15, 0.2) is 54.8 Å². The van der Waals surface area contributed by atoms with Crippen molar-refractivity contribution >= 4 is 10.9 Å². The lowest BCUT2D eigenvalue weighted by Crippen LogP contribution is -2.40. The average Bonchev–Trinajstić information content (AvgIpc) is 2.81. The van der Waals surface area contributed by atoms with Gasteiger partial charge in [0.05, 0.1) is 6.04 Å². The van der Waals surface area contributed by atoms with E-state index in [-0.39, 0.29) is 0 Å². The fourth-order valence-corrected chi connectivity index (χ4v) is 2.32. The highest BCUT2D eigenvalue weighted by Gasteiger charge is 2.37. The number of rotatable bonds is 1. The number of nitrogens with two attached hydrogens (primary N) is 1. The molecule has 2 aromatic rings. The first-order valence-electron chi connectivity index (χ1n) is 5.59. The van der Waals surface area contributed by atoms with E-state index in [0.29, 0.717) is 5.56 Å². The predicted octanol–water partition coefficient (Wildman–Crippen LogP) is 2.79. The van der Waals surface area contributed by atoms with Gasteiger partial charge in [0.1, 0.15) is 0 Å². The second kappa shape index (κ2) is 3.57. The van der Waals surface area contributed by atoms with E-state index in [2.05, 4.69) is 4.98 Å². The molecule has 0 radical (unpaired) electrons. The summed E-state index contributed by atoms with van der Waals surface area (Å²) in [5, 5.41) is 0.880. The maximum Gasteiger partial charge on any atom is 0.173 e. The second-order valence-corrected chi connectivity index (χ2v) is 4.28. The average molecular weight is 228 g/mol. The number of allylic oxidation sites excluding steroid dienone is 2. The molecule has 3 rings (SSSR count).